The van der Waals surface area contributed by atoms with Gasteiger partial charge >= 0.3 is 0 Å². The minimum atomic E-state index is -0.491. The molecule has 0 unspecified atom stereocenters. The quantitative estimate of drug-likeness (QED) is 0.218. The van der Waals surface area contributed by atoms with Crippen molar-refractivity contribution in [2.24, 2.45) is 0 Å². The fourth-order valence-electron chi connectivity index (χ4n) is 3.26. The molecule has 0 aliphatic carbocycles. The van der Waals surface area contributed by atoms with E-state index in [1.54, 1.807) is 36.4 Å². The zero-order valence-electron chi connectivity index (χ0n) is 18.3. The molecule has 172 valence electrons. The molecule has 4 rings (SSSR count). The van der Waals surface area contributed by atoms with Gasteiger partial charge in [-0.25, -0.2) is 0 Å². The zero-order valence-corrected chi connectivity index (χ0v) is 20.5. The summed E-state index contributed by atoms with van der Waals surface area (Å²) >= 11 is 2.17. The van der Waals surface area contributed by atoms with Crippen molar-refractivity contribution in [3.8, 4) is 29.1 Å². The first-order chi connectivity index (χ1) is 16.6. The van der Waals surface area contributed by atoms with Crippen LogP contribution in [0.2, 0.25) is 0 Å². The highest BCUT2D eigenvalue weighted by Gasteiger charge is 2.14. The van der Waals surface area contributed by atoms with E-state index >= 15 is 0 Å². The van der Waals surface area contributed by atoms with Crippen molar-refractivity contribution in [3.05, 3.63) is 80.9 Å². The molecule has 3 aromatic carbocycles. The Bertz CT molecular complexity index is 1280. The summed E-state index contributed by atoms with van der Waals surface area (Å²) in [5, 5.41) is 12.3. The molecule has 0 saturated heterocycles. The summed E-state index contributed by atoms with van der Waals surface area (Å²) in [6, 6.07) is 20.2. The standard InChI is InChI=1S/C26H21IN2O5/c1-2-31-21-5-3-4-20(13-21)29-26(30)19(14-28)10-17-6-8-23(22(27)11-17)32-15-18-7-9-24-25(12-18)34-16-33-24/h3-13H,2,15-16H2,1H3,(H,29,30)/b19-10-. The molecule has 1 aliphatic rings. The fourth-order valence-corrected chi connectivity index (χ4v) is 3.95. The lowest BCUT2D eigenvalue weighted by molar-refractivity contribution is -0.112. The Morgan fingerprint density at radius 3 is 2.76 bits per heavy atom. The maximum atomic E-state index is 12.6. The van der Waals surface area contributed by atoms with Gasteiger partial charge in [0.25, 0.3) is 5.91 Å². The van der Waals surface area contributed by atoms with E-state index < -0.39 is 5.91 Å². The molecular weight excluding hydrogens is 547 g/mol. The number of hydrogen-bond acceptors (Lipinski definition) is 6. The number of carbonyl (C=O) groups is 1. The number of ether oxygens (including phenoxy) is 4. The van der Waals surface area contributed by atoms with Crippen LogP contribution >= 0.6 is 22.6 Å². The molecule has 3 aromatic rings. The fraction of sp³-hybridized carbons (Fsp3) is 0.154. The van der Waals surface area contributed by atoms with E-state index in [1.165, 1.54) is 0 Å². The summed E-state index contributed by atoms with van der Waals surface area (Å²) in [4.78, 5) is 12.6. The minimum Gasteiger partial charge on any atom is -0.494 e. The van der Waals surface area contributed by atoms with Crippen LogP contribution < -0.4 is 24.3 Å². The van der Waals surface area contributed by atoms with E-state index in [0.717, 1.165) is 20.4 Å². The molecule has 1 N–H and O–H groups in total. The van der Waals surface area contributed by atoms with E-state index in [1.807, 2.05) is 43.3 Å². The largest absolute Gasteiger partial charge is 0.494 e. The van der Waals surface area contributed by atoms with Gasteiger partial charge in [-0.15, -0.1) is 0 Å². The Balaban J connectivity index is 1.42. The van der Waals surface area contributed by atoms with Gasteiger partial charge in [0, 0.05) is 11.8 Å². The first-order valence-corrected chi connectivity index (χ1v) is 11.6. The Morgan fingerprint density at radius 1 is 1.12 bits per heavy atom. The molecule has 1 amide bonds. The molecule has 1 heterocycles. The average molecular weight is 568 g/mol. The highest BCUT2D eigenvalue weighted by molar-refractivity contribution is 14.1. The molecule has 0 bridgehead atoms. The van der Waals surface area contributed by atoms with E-state index in [2.05, 4.69) is 27.9 Å². The highest BCUT2D eigenvalue weighted by Crippen LogP contribution is 2.33. The van der Waals surface area contributed by atoms with E-state index in [9.17, 15) is 10.1 Å². The van der Waals surface area contributed by atoms with Crippen LogP contribution in [0.3, 0.4) is 0 Å². The number of nitriles is 1. The summed E-state index contributed by atoms with van der Waals surface area (Å²) in [7, 11) is 0. The van der Waals surface area contributed by atoms with Crippen LogP contribution in [0.25, 0.3) is 6.08 Å². The number of benzene rings is 3. The monoisotopic (exact) mass is 568 g/mol. The van der Waals surface area contributed by atoms with Crippen molar-refractivity contribution in [2.75, 3.05) is 18.7 Å². The van der Waals surface area contributed by atoms with Crippen LogP contribution in [0.5, 0.6) is 23.0 Å². The molecule has 0 saturated carbocycles. The topological polar surface area (TPSA) is 89.8 Å². The first kappa shape index (κ1) is 23.4. The van der Waals surface area contributed by atoms with Crippen molar-refractivity contribution in [1.29, 1.82) is 5.26 Å². The Labute approximate surface area is 211 Å². The van der Waals surface area contributed by atoms with Crippen LogP contribution in [-0.2, 0) is 11.4 Å². The normalized spacial score (nSPS) is 12.1. The third-order valence-corrected chi connectivity index (χ3v) is 5.71. The van der Waals surface area contributed by atoms with E-state index in [0.29, 0.717) is 36.1 Å². The maximum Gasteiger partial charge on any atom is 0.266 e. The number of anilines is 1. The molecule has 0 spiro atoms. The van der Waals surface area contributed by atoms with Crippen molar-refractivity contribution < 1.29 is 23.7 Å². The smallest absolute Gasteiger partial charge is 0.266 e. The second-order valence-corrected chi connectivity index (χ2v) is 8.41. The predicted molar refractivity (Wildman–Crippen MR) is 136 cm³/mol. The van der Waals surface area contributed by atoms with Gasteiger partial charge in [0.05, 0.1) is 10.2 Å². The SMILES string of the molecule is CCOc1cccc(NC(=O)/C(C#N)=C\c2ccc(OCc3ccc4c(c3)OCO4)c(I)c2)c1. The van der Waals surface area contributed by atoms with Crippen molar-refractivity contribution in [1.82, 2.24) is 0 Å². The summed E-state index contributed by atoms with van der Waals surface area (Å²) in [6.07, 6.45) is 1.55. The number of amides is 1. The lowest BCUT2D eigenvalue weighted by Gasteiger charge is -2.10. The summed E-state index contributed by atoms with van der Waals surface area (Å²) in [5.74, 6) is 2.30. The number of rotatable bonds is 8. The van der Waals surface area contributed by atoms with Crippen molar-refractivity contribution in [3.63, 3.8) is 0 Å². The lowest BCUT2D eigenvalue weighted by Crippen LogP contribution is -2.13. The molecule has 0 radical (unpaired) electrons. The third kappa shape index (κ3) is 5.80. The predicted octanol–water partition coefficient (Wildman–Crippen LogP) is 5.54. The zero-order chi connectivity index (χ0) is 23.9. The van der Waals surface area contributed by atoms with Gasteiger partial charge < -0.3 is 24.3 Å². The Kier molecular flexibility index (Phi) is 7.54. The number of hydrogen-bond donors (Lipinski definition) is 1. The van der Waals surface area contributed by atoms with Crippen molar-refractivity contribution in [2.45, 2.75) is 13.5 Å². The molecule has 8 heteroatoms. The highest BCUT2D eigenvalue weighted by atomic mass is 127. The van der Waals surface area contributed by atoms with Gasteiger partial charge in [-0.05, 0) is 83.1 Å². The van der Waals surface area contributed by atoms with Gasteiger partial charge in [0.15, 0.2) is 11.5 Å². The van der Waals surface area contributed by atoms with Gasteiger partial charge in [0.1, 0.15) is 29.7 Å². The summed E-state index contributed by atoms with van der Waals surface area (Å²) < 4.78 is 23.0. The summed E-state index contributed by atoms with van der Waals surface area (Å²) in [5.41, 5.74) is 2.22. The number of nitrogens with one attached hydrogen (secondary N) is 1. The number of fused-ring (bicyclic) bond motifs is 1. The first-order valence-electron chi connectivity index (χ1n) is 10.5. The van der Waals surface area contributed by atoms with Crippen LogP contribution in [0.1, 0.15) is 18.1 Å². The molecule has 0 atom stereocenters. The van der Waals surface area contributed by atoms with Gasteiger partial charge in [0.2, 0.25) is 6.79 Å². The van der Waals surface area contributed by atoms with E-state index in [4.69, 9.17) is 18.9 Å². The van der Waals surface area contributed by atoms with Crippen LogP contribution in [0.15, 0.2) is 66.2 Å². The Hall–Kier alpha value is -3.71. The Morgan fingerprint density at radius 2 is 1.97 bits per heavy atom. The molecular formula is C26H21IN2O5. The third-order valence-electron chi connectivity index (χ3n) is 4.87. The molecule has 0 aromatic heterocycles. The minimum absolute atomic E-state index is 0.00774. The average Bonchev–Trinajstić information content (AvgIpc) is 3.30. The lowest BCUT2D eigenvalue weighted by atomic mass is 10.1. The van der Waals surface area contributed by atoms with Gasteiger partial charge in [-0.1, -0.05) is 18.2 Å². The molecule has 0 fully saturated rings. The van der Waals surface area contributed by atoms with Crippen molar-refractivity contribution >= 4 is 40.3 Å². The maximum absolute atomic E-state index is 12.6. The number of nitrogens with zero attached hydrogens (tertiary/aromatic N) is 1. The molecule has 1 aliphatic heterocycles. The number of carbonyl (C=O) groups excluding carboxylic acids is 1. The van der Waals surface area contributed by atoms with Gasteiger partial charge in [-0.3, -0.25) is 4.79 Å². The van der Waals surface area contributed by atoms with Gasteiger partial charge in [-0.2, -0.15) is 5.26 Å². The number of halogens is 1. The van der Waals surface area contributed by atoms with E-state index in [-0.39, 0.29) is 12.4 Å². The molecule has 34 heavy (non-hydrogen) atoms. The van der Waals surface area contributed by atoms with Crippen LogP contribution in [-0.4, -0.2) is 19.3 Å². The summed E-state index contributed by atoms with van der Waals surface area (Å²) in [6.45, 7) is 3.01. The second-order valence-electron chi connectivity index (χ2n) is 7.25. The van der Waals surface area contributed by atoms with Crippen LogP contribution in [0.4, 0.5) is 5.69 Å². The molecule has 7 nitrogen and oxygen atoms in total. The van der Waals surface area contributed by atoms with Crippen LogP contribution in [0, 0.1) is 14.9 Å². The second kappa shape index (κ2) is 10.9.